The lowest BCUT2D eigenvalue weighted by molar-refractivity contribution is -0.125. The van der Waals surface area contributed by atoms with Gasteiger partial charge in [-0.1, -0.05) is 23.7 Å². The monoisotopic (exact) mass is 499 g/mol. The van der Waals surface area contributed by atoms with E-state index in [1.54, 1.807) is 30.3 Å². The summed E-state index contributed by atoms with van der Waals surface area (Å²) >= 11 is 5.82. The molecule has 3 atom stereocenters. The van der Waals surface area contributed by atoms with E-state index in [0.717, 1.165) is 6.42 Å². The Kier molecular flexibility index (Phi) is 5.76. The van der Waals surface area contributed by atoms with E-state index >= 15 is 0 Å². The van der Waals surface area contributed by atoms with E-state index in [-0.39, 0.29) is 35.0 Å². The van der Waals surface area contributed by atoms with Crippen molar-refractivity contribution in [1.29, 1.82) is 0 Å². The quantitative estimate of drug-likeness (QED) is 0.496. The molecule has 9 nitrogen and oxygen atoms in total. The first-order valence-corrected chi connectivity index (χ1v) is 11.4. The van der Waals surface area contributed by atoms with E-state index in [1.807, 2.05) is 0 Å². The Hall–Kier alpha value is -3.79. The minimum Gasteiger partial charge on any atom is -0.497 e. The minimum absolute atomic E-state index is 0.0216. The van der Waals surface area contributed by atoms with Crippen LogP contribution in [0.3, 0.4) is 0 Å². The Labute approximate surface area is 204 Å². The number of rotatable bonds is 5. The predicted octanol–water partition coefficient (Wildman–Crippen LogP) is 3.68. The summed E-state index contributed by atoms with van der Waals surface area (Å²) in [4.78, 5) is 39.7. The molecule has 1 saturated heterocycles. The zero-order valence-corrected chi connectivity index (χ0v) is 19.5. The third-order valence-corrected chi connectivity index (χ3v) is 6.91. The van der Waals surface area contributed by atoms with Crippen LogP contribution in [0, 0.1) is 11.7 Å². The number of aromatic nitrogens is 1. The second-order valence-corrected chi connectivity index (χ2v) is 9.12. The van der Waals surface area contributed by atoms with Gasteiger partial charge < -0.3 is 26.0 Å². The molecule has 2 fully saturated rings. The van der Waals surface area contributed by atoms with Gasteiger partial charge in [0, 0.05) is 29.7 Å². The lowest BCUT2D eigenvalue weighted by atomic mass is 10.1. The van der Waals surface area contributed by atoms with Gasteiger partial charge in [0.15, 0.2) is 0 Å². The fraction of sp³-hybridized carbons (Fsp3) is 0.292. The number of hydrogen-bond donors (Lipinski definition) is 3. The number of amides is 4. The summed E-state index contributed by atoms with van der Waals surface area (Å²) in [5.41, 5.74) is 6.63. The van der Waals surface area contributed by atoms with Crippen LogP contribution in [0.1, 0.15) is 18.4 Å². The fourth-order valence-corrected chi connectivity index (χ4v) is 4.96. The van der Waals surface area contributed by atoms with Crippen LogP contribution in [-0.2, 0) is 11.3 Å². The second-order valence-electron chi connectivity index (χ2n) is 8.72. The molecule has 4 amide bonds. The number of ether oxygens (including phenoxy) is 1. The van der Waals surface area contributed by atoms with E-state index in [1.165, 1.54) is 28.8 Å². The molecule has 0 bridgehead atoms. The molecule has 35 heavy (non-hydrogen) atoms. The number of likely N-dealkylation sites (tertiary alicyclic amines) is 1. The summed E-state index contributed by atoms with van der Waals surface area (Å²) in [6.45, 7) is -0.0432. The number of nitrogens with one attached hydrogen (secondary N) is 2. The zero-order chi connectivity index (χ0) is 24.9. The fourth-order valence-electron chi connectivity index (χ4n) is 4.77. The first kappa shape index (κ1) is 23.0. The van der Waals surface area contributed by atoms with Crippen LogP contribution in [0.2, 0.25) is 5.02 Å². The van der Waals surface area contributed by atoms with Crippen LogP contribution in [0.25, 0.3) is 10.9 Å². The molecule has 0 unspecified atom stereocenters. The number of fused-ring (bicyclic) bond motifs is 2. The number of hydrogen-bond acceptors (Lipinski definition) is 4. The van der Waals surface area contributed by atoms with Crippen molar-refractivity contribution < 1.29 is 23.5 Å². The highest BCUT2D eigenvalue weighted by molar-refractivity contribution is 6.30. The van der Waals surface area contributed by atoms with Gasteiger partial charge in [0.2, 0.25) is 5.91 Å². The Bertz CT molecular complexity index is 1360. The molecule has 0 radical (unpaired) electrons. The van der Waals surface area contributed by atoms with Gasteiger partial charge in [-0.3, -0.25) is 9.36 Å². The Morgan fingerprint density at radius 2 is 2.03 bits per heavy atom. The number of carbonyl (C=O) groups is 3. The van der Waals surface area contributed by atoms with Crippen LogP contribution in [-0.4, -0.2) is 46.6 Å². The number of primary amides is 1. The molecule has 2 heterocycles. The van der Waals surface area contributed by atoms with Crippen LogP contribution >= 0.6 is 11.6 Å². The number of piperidine rings is 1. The molecule has 2 aromatic carbocycles. The van der Waals surface area contributed by atoms with E-state index in [2.05, 4.69) is 10.6 Å². The molecule has 1 saturated carbocycles. The van der Waals surface area contributed by atoms with Gasteiger partial charge in [0.05, 0.1) is 23.3 Å². The van der Waals surface area contributed by atoms with Crippen LogP contribution in [0.5, 0.6) is 5.75 Å². The lowest BCUT2D eigenvalue weighted by Crippen LogP contribution is -2.49. The number of nitrogens with two attached hydrogens (primary N) is 1. The van der Waals surface area contributed by atoms with Crippen molar-refractivity contribution in [3.8, 4) is 5.75 Å². The lowest BCUT2D eigenvalue weighted by Gasteiger charge is -2.27. The SMILES string of the molecule is COc1ccc2c(c1)c(NC(=O)N1[C@@H]3C[C@@H]3C[C@H]1C(=O)NCc1cccc(Cl)c1F)cn2C(N)=O. The molecule has 11 heteroatoms. The van der Waals surface area contributed by atoms with Crippen molar-refractivity contribution in [2.24, 2.45) is 11.7 Å². The van der Waals surface area contributed by atoms with Gasteiger partial charge >= 0.3 is 12.1 Å². The molecule has 2 aliphatic rings. The van der Waals surface area contributed by atoms with Crippen molar-refractivity contribution >= 4 is 46.2 Å². The minimum atomic E-state index is -0.699. The van der Waals surface area contributed by atoms with Gasteiger partial charge in [0.25, 0.3) is 0 Å². The van der Waals surface area contributed by atoms with E-state index in [0.29, 0.717) is 28.8 Å². The molecule has 3 aromatic rings. The molecule has 4 N–H and O–H groups in total. The number of anilines is 1. The van der Waals surface area contributed by atoms with Gasteiger partial charge in [-0.25, -0.2) is 14.0 Å². The standard InChI is InChI=1S/C24H23ClFN5O4/c1-35-14-5-6-18-15(9-14)17(11-30(18)23(27)33)29-24(34)31-19-7-13(19)8-20(31)22(32)28-10-12-3-2-4-16(25)21(12)26/h2-6,9,11,13,19-20H,7-8,10H2,1H3,(H2,27,33)(H,28,32)(H,29,34)/t13-,19-,20+/m1/s1. The third kappa shape index (κ3) is 4.14. The van der Waals surface area contributed by atoms with Crippen molar-refractivity contribution in [3.63, 3.8) is 0 Å². The summed E-state index contributed by atoms with van der Waals surface area (Å²) in [5.74, 6) is -0.164. The van der Waals surface area contributed by atoms with Crippen molar-refractivity contribution in [2.45, 2.75) is 31.5 Å². The summed E-state index contributed by atoms with van der Waals surface area (Å²) in [5, 5.41) is 6.10. The number of benzene rings is 2. The Morgan fingerprint density at radius 1 is 1.23 bits per heavy atom. The smallest absolute Gasteiger partial charge is 0.323 e. The van der Waals surface area contributed by atoms with Gasteiger partial charge in [0.1, 0.15) is 17.6 Å². The first-order valence-electron chi connectivity index (χ1n) is 11.1. The van der Waals surface area contributed by atoms with E-state index in [4.69, 9.17) is 22.1 Å². The Morgan fingerprint density at radius 3 is 2.77 bits per heavy atom. The van der Waals surface area contributed by atoms with Gasteiger partial charge in [-0.2, -0.15) is 0 Å². The van der Waals surface area contributed by atoms with Crippen molar-refractivity contribution in [3.05, 3.63) is 59.0 Å². The van der Waals surface area contributed by atoms with E-state index < -0.39 is 23.9 Å². The average molecular weight is 500 g/mol. The van der Waals surface area contributed by atoms with Crippen molar-refractivity contribution in [2.75, 3.05) is 12.4 Å². The van der Waals surface area contributed by atoms with Gasteiger partial charge in [-0.15, -0.1) is 0 Å². The molecule has 1 aromatic heterocycles. The van der Waals surface area contributed by atoms with Crippen LogP contribution in [0.15, 0.2) is 42.6 Å². The highest BCUT2D eigenvalue weighted by atomic mass is 35.5. The van der Waals surface area contributed by atoms with Crippen LogP contribution < -0.4 is 21.1 Å². The van der Waals surface area contributed by atoms with Crippen molar-refractivity contribution in [1.82, 2.24) is 14.8 Å². The summed E-state index contributed by atoms with van der Waals surface area (Å²) < 4.78 is 20.7. The maximum Gasteiger partial charge on any atom is 0.323 e. The summed E-state index contributed by atoms with van der Waals surface area (Å²) in [6.07, 6.45) is 2.79. The van der Waals surface area contributed by atoms with Gasteiger partial charge in [-0.05, 0) is 43.0 Å². The number of nitrogens with zero attached hydrogens (tertiary/aromatic N) is 2. The average Bonchev–Trinajstić information content (AvgIpc) is 3.35. The zero-order valence-electron chi connectivity index (χ0n) is 18.8. The molecule has 1 aliphatic heterocycles. The molecule has 0 spiro atoms. The maximum absolute atomic E-state index is 14.2. The number of urea groups is 1. The normalized spacial score (nSPS) is 20.4. The molecule has 182 valence electrons. The highest BCUT2D eigenvalue weighted by Gasteiger charge is 2.56. The summed E-state index contributed by atoms with van der Waals surface area (Å²) in [6, 6.07) is 7.73. The molecule has 1 aliphatic carbocycles. The first-order chi connectivity index (χ1) is 16.8. The van der Waals surface area contributed by atoms with Crippen LogP contribution in [0.4, 0.5) is 19.7 Å². The third-order valence-electron chi connectivity index (χ3n) is 6.62. The number of methoxy groups -OCH3 is 1. The topological polar surface area (TPSA) is 119 Å². The summed E-state index contributed by atoms with van der Waals surface area (Å²) in [7, 11) is 1.51. The largest absolute Gasteiger partial charge is 0.497 e. The maximum atomic E-state index is 14.2. The second kappa shape index (κ2) is 8.77. The number of halogens is 2. The Balaban J connectivity index is 1.35. The predicted molar refractivity (Wildman–Crippen MR) is 128 cm³/mol. The highest BCUT2D eigenvalue weighted by Crippen LogP contribution is 2.48. The number of carbonyl (C=O) groups excluding carboxylic acids is 3. The molecule has 5 rings (SSSR count). The van der Waals surface area contributed by atoms with E-state index in [9.17, 15) is 18.8 Å². The molecular weight excluding hydrogens is 477 g/mol. The molecular formula is C24H23ClFN5O4.